The summed E-state index contributed by atoms with van der Waals surface area (Å²) in [5.41, 5.74) is -5.01. The van der Waals surface area contributed by atoms with E-state index in [2.05, 4.69) is 5.32 Å². The minimum atomic E-state index is -2.97. The first kappa shape index (κ1) is 18.1. The van der Waals surface area contributed by atoms with Gasteiger partial charge in [0.1, 0.15) is 22.8 Å². The number of pyridine rings is 1. The molecule has 0 saturated heterocycles. The highest BCUT2D eigenvalue weighted by atomic mass is 19.1. The number of benzene rings is 1. The number of carbonyl (C=O) groups excluding carboxylic acids is 2. The summed E-state index contributed by atoms with van der Waals surface area (Å²) in [7, 11) is 0. The minimum absolute atomic E-state index is 0.0764. The smallest absolute Gasteiger partial charge is 0.275 e. The predicted molar refractivity (Wildman–Crippen MR) is 109 cm³/mol. The number of aromatic hydroxyl groups is 1. The van der Waals surface area contributed by atoms with Crippen molar-refractivity contribution >= 4 is 11.8 Å². The van der Waals surface area contributed by atoms with E-state index >= 15 is 0 Å². The Labute approximate surface area is 185 Å². The maximum absolute atomic E-state index is 13.9. The maximum Gasteiger partial charge on any atom is 0.275 e. The van der Waals surface area contributed by atoms with Crippen LogP contribution in [0.2, 0.25) is 0 Å². The summed E-state index contributed by atoms with van der Waals surface area (Å²) >= 11 is 0. The summed E-state index contributed by atoms with van der Waals surface area (Å²) in [6.07, 6.45) is 3.30. The highest BCUT2D eigenvalue weighted by Crippen LogP contribution is 2.36. The van der Waals surface area contributed by atoms with Gasteiger partial charge in [-0.05, 0) is 19.8 Å². The predicted octanol–water partition coefficient (Wildman–Crippen LogP) is 1.47. The Hall–Kier alpha value is -3.53. The largest absolute Gasteiger partial charge is 0.503 e. The molecule has 32 heavy (non-hydrogen) atoms. The first-order valence-corrected chi connectivity index (χ1v) is 9.69. The van der Waals surface area contributed by atoms with E-state index in [0.717, 1.165) is 29.0 Å². The van der Waals surface area contributed by atoms with Crippen LogP contribution in [-0.4, -0.2) is 49.7 Å². The van der Waals surface area contributed by atoms with Gasteiger partial charge < -0.3 is 25.0 Å². The van der Waals surface area contributed by atoms with Gasteiger partial charge in [-0.25, -0.2) is 8.78 Å². The van der Waals surface area contributed by atoms with Crippen LogP contribution in [0.5, 0.6) is 5.75 Å². The molecule has 1 aromatic heterocycles. The van der Waals surface area contributed by atoms with Gasteiger partial charge >= 0.3 is 0 Å². The second kappa shape index (κ2) is 7.56. The zero-order chi connectivity index (χ0) is 25.9. The number of halogens is 2. The first-order valence-electron chi connectivity index (χ1n) is 11.2. The van der Waals surface area contributed by atoms with Gasteiger partial charge in [-0.3, -0.25) is 14.4 Å². The lowest BCUT2D eigenvalue weighted by Gasteiger charge is -2.41. The average molecular weight is 448 g/mol. The molecule has 0 spiro atoms. The normalized spacial score (nSPS) is 25.9. The van der Waals surface area contributed by atoms with E-state index in [0.29, 0.717) is 6.07 Å². The zero-order valence-corrected chi connectivity index (χ0v) is 16.8. The van der Waals surface area contributed by atoms with Crippen molar-refractivity contribution in [3.05, 3.63) is 75.2 Å². The van der Waals surface area contributed by atoms with Crippen molar-refractivity contribution in [2.75, 3.05) is 6.54 Å². The van der Waals surface area contributed by atoms with Gasteiger partial charge in [0.25, 0.3) is 11.8 Å². The summed E-state index contributed by atoms with van der Waals surface area (Å²) in [5.74, 6) is -4.68. The van der Waals surface area contributed by atoms with Gasteiger partial charge in [0, 0.05) is 41.1 Å². The van der Waals surface area contributed by atoms with E-state index in [9.17, 15) is 33.4 Å². The van der Waals surface area contributed by atoms with Crippen LogP contribution in [0, 0.1) is 11.6 Å². The standard InChI is InChI=1S/C22H21F2N3O5/c1-11-5-6-22(2,32)16-10-26(11)21(31)17-19(29)18(28)14(9-27(16)17)20(30)25-8-12-3-4-13(23)7-15(12)24/h3-7,9,11,16,29,32H,8,10H2,1-2H3,(H,25,30)/i2D3. The summed E-state index contributed by atoms with van der Waals surface area (Å²) < 4.78 is 51.6. The van der Waals surface area contributed by atoms with Crippen molar-refractivity contribution in [2.45, 2.75) is 38.0 Å². The number of aliphatic hydroxyl groups is 1. The van der Waals surface area contributed by atoms with Gasteiger partial charge in [0.05, 0.1) is 6.04 Å². The fourth-order valence-corrected chi connectivity index (χ4v) is 3.87. The summed E-state index contributed by atoms with van der Waals surface area (Å²) in [5, 5.41) is 24.1. The van der Waals surface area contributed by atoms with Crippen LogP contribution >= 0.6 is 0 Å². The molecular formula is C22H21F2N3O5. The van der Waals surface area contributed by atoms with Crippen LogP contribution in [0.1, 0.15) is 50.3 Å². The molecule has 3 atom stereocenters. The van der Waals surface area contributed by atoms with Crippen LogP contribution in [0.15, 0.2) is 41.3 Å². The highest BCUT2D eigenvalue weighted by molar-refractivity contribution is 5.99. The molecule has 0 radical (unpaired) electrons. The average Bonchev–Trinajstić information content (AvgIpc) is 2.89. The molecule has 2 bridgehead atoms. The molecule has 2 aromatic rings. The number of fused-ring (bicyclic) bond motifs is 4. The lowest BCUT2D eigenvalue weighted by molar-refractivity contribution is 0.0205. The molecule has 2 aliphatic rings. The number of carbonyl (C=O) groups is 2. The lowest BCUT2D eigenvalue weighted by atomic mass is 9.93. The van der Waals surface area contributed by atoms with Crippen molar-refractivity contribution < 1.29 is 32.7 Å². The molecule has 1 aromatic carbocycles. The molecular weight excluding hydrogens is 424 g/mol. The van der Waals surface area contributed by atoms with Gasteiger partial charge in [-0.15, -0.1) is 0 Å². The zero-order valence-electron chi connectivity index (χ0n) is 19.8. The molecule has 3 heterocycles. The summed E-state index contributed by atoms with van der Waals surface area (Å²) in [6, 6.07) is 0.673. The van der Waals surface area contributed by atoms with Crippen LogP contribution < -0.4 is 10.7 Å². The number of nitrogens with one attached hydrogen (secondary N) is 1. The van der Waals surface area contributed by atoms with Crippen LogP contribution in [-0.2, 0) is 6.54 Å². The Morgan fingerprint density at radius 3 is 2.81 bits per heavy atom. The molecule has 0 aliphatic carbocycles. The maximum atomic E-state index is 13.9. The topological polar surface area (TPSA) is 112 Å². The SMILES string of the molecule is [2H]C([2H])([2H])C1(O)C=CC(C)N2CC1n1cc(C(=O)NCc3ccc(F)cc3F)c(=O)c(O)c1C2=O. The van der Waals surface area contributed by atoms with E-state index < -0.39 is 77.0 Å². The number of rotatable bonds is 3. The Bertz CT molecular complexity index is 1330. The van der Waals surface area contributed by atoms with E-state index in [-0.39, 0.29) is 12.1 Å². The molecule has 2 aliphatic heterocycles. The Kier molecular flexibility index (Phi) is 4.27. The van der Waals surface area contributed by atoms with Crippen LogP contribution in [0.4, 0.5) is 8.78 Å². The molecule has 10 heteroatoms. The van der Waals surface area contributed by atoms with Crippen LogP contribution in [0.25, 0.3) is 0 Å². The van der Waals surface area contributed by atoms with E-state index in [1.165, 1.54) is 11.0 Å². The lowest BCUT2D eigenvalue weighted by Crippen LogP contribution is -2.51. The molecule has 0 saturated carbocycles. The highest BCUT2D eigenvalue weighted by Gasteiger charge is 2.44. The van der Waals surface area contributed by atoms with E-state index in [1.807, 2.05) is 0 Å². The van der Waals surface area contributed by atoms with Gasteiger partial charge in [0.2, 0.25) is 5.43 Å². The van der Waals surface area contributed by atoms with Crippen molar-refractivity contribution in [3.63, 3.8) is 0 Å². The van der Waals surface area contributed by atoms with Crippen LogP contribution in [0.3, 0.4) is 0 Å². The quantitative estimate of drug-likeness (QED) is 0.616. The molecule has 2 amide bonds. The van der Waals surface area contributed by atoms with Crippen molar-refractivity contribution in [1.29, 1.82) is 0 Å². The third kappa shape index (κ3) is 3.46. The second-order valence-electron chi connectivity index (χ2n) is 7.79. The molecule has 4 rings (SSSR count). The third-order valence-electron chi connectivity index (χ3n) is 5.71. The second-order valence-corrected chi connectivity index (χ2v) is 7.79. The minimum Gasteiger partial charge on any atom is -0.503 e. The molecule has 8 nitrogen and oxygen atoms in total. The fourth-order valence-electron chi connectivity index (χ4n) is 3.87. The van der Waals surface area contributed by atoms with Gasteiger partial charge in [0.15, 0.2) is 11.4 Å². The van der Waals surface area contributed by atoms with Crippen molar-refractivity contribution in [1.82, 2.24) is 14.8 Å². The number of hydrogen-bond acceptors (Lipinski definition) is 5. The number of nitrogens with zero attached hydrogens (tertiary/aromatic N) is 2. The van der Waals surface area contributed by atoms with E-state index in [1.54, 1.807) is 6.92 Å². The summed E-state index contributed by atoms with van der Waals surface area (Å²) in [6.45, 7) is -2.09. The first-order chi connectivity index (χ1) is 16.3. The van der Waals surface area contributed by atoms with Gasteiger partial charge in [-0.1, -0.05) is 18.2 Å². The van der Waals surface area contributed by atoms with Crippen molar-refractivity contribution in [2.24, 2.45) is 0 Å². The fraction of sp³-hybridized carbons (Fsp3) is 0.318. The molecule has 0 fully saturated rings. The molecule has 168 valence electrons. The Balaban J connectivity index is 1.80. The molecule has 3 unspecified atom stereocenters. The third-order valence-corrected chi connectivity index (χ3v) is 5.71. The Morgan fingerprint density at radius 2 is 2.12 bits per heavy atom. The van der Waals surface area contributed by atoms with E-state index in [4.69, 9.17) is 4.11 Å². The Morgan fingerprint density at radius 1 is 1.38 bits per heavy atom. The van der Waals surface area contributed by atoms with Gasteiger partial charge in [-0.2, -0.15) is 0 Å². The number of amides is 2. The number of hydrogen-bond donors (Lipinski definition) is 3. The van der Waals surface area contributed by atoms with Crippen molar-refractivity contribution in [3.8, 4) is 5.75 Å². The summed E-state index contributed by atoms with van der Waals surface area (Å²) in [4.78, 5) is 39.8. The number of aromatic nitrogens is 1. The molecule has 3 N–H and O–H groups in total. The monoisotopic (exact) mass is 448 g/mol.